The maximum atomic E-state index is 13.0. The lowest BCUT2D eigenvalue weighted by Crippen LogP contribution is -2.07. The van der Waals surface area contributed by atoms with E-state index < -0.39 is 0 Å². The second-order valence-corrected chi connectivity index (χ2v) is 4.53. The molecule has 2 unspecified atom stereocenters. The number of hydrogen-bond acceptors (Lipinski definition) is 1. The zero-order chi connectivity index (χ0) is 11.0. The SMILES string of the molecule is Cc1ccc(F)cc1CC(=O)C1CC1C. The molecule has 1 aliphatic carbocycles. The molecule has 0 heterocycles. The van der Waals surface area contributed by atoms with Gasteiger partial charge in [0.25, 0.3) is 0 Å². The summed E-state index contributed by atoms with van der Waals surface area (Å²) < 4.78 is 13.0. The Balaban J connectivity index is 2.10. The third-order valence-corrected chi connectivity index (χ3v) is 3.20. The Morgan fingerprint density at radius 3 is 2.80 bits per heavy atom. The molecule has 15 heavy (non-hydrogen) atoms. The normalized spacial score (nSPS) is 23.9. The van der Waals surface area contributed by atoms with Crippen LogP contribution in [0.1, 0.15) is 24.5 Å². The monoisotopic (exact) mass is 206 g/mol. The Bertz CT molecular complexity index is 398. The maximum Gasteiger partial charge on any atom is 0.140 e. The van der Waals surface area contributed by atoms with Gasteiger partial charge in [-0.15, -0.1) is 0 Å². The molecule has 1 saturated carbocycles. The fraction of sp³-hybridized carbons (Fsp3) is 0.462. The minimum Gasteiger partial charge on any atom is -0.299 e. The molecular formula is C13H15FO. The van der Waals surface area contributed by atoms with Crippen LogP contribution in [0.5, 0.6) is 0 Å². The Kier molecular flexibility index (Phi) is 2.59. The summed E-state index contributed by atoms with van der Waals surface area (Å²) in [6, 6.07) is 4.64. The summed E-state index contributed by atoms with van der Waals surface area (Å²) in [7, 11) is 0. The van der Waals surface area contributed by atoms with Crippen molar-refractivity contribution in [2.45, 2.75) is 26.7 Å². The zero-order valence-electron chi connectivity index (χ0n) is 9.09. The van der Waals surface area contributed by atoms with E-state index in [4.69, 9.17) is 0 Å². The molecule has 0 N–H and O–H groups in total. The summed E-state index contributed by atoms with van der Waals surface area (Å²) in [4.78, 5) is 11.7. The lowest BCUT2D eigenvalue weighted by atomic mass is 10.0. The Hall–Kier alpha value is -1.18. The average Bonchev–Trinajstić information content (AvgIpc) is 2.89. The van der Waals surface area contributed by atoms with E-state index in [2.05, 4.69) is 6.92 Å². The maximum absolute atomic E-state index is 13.0. The van der Waals surface area contributed by atoms with Crippen molar-refractivity contribution in [3.05, 3.63) is 35.1 Å². The molecule has 0 radical (unpaired) electrons. The Morgan fingerprint density at radius 1 is 1.53 bits per heavy atom. The number of aryl methyl sites for hydroxylation is 1. The number of hydrogen-bond donors (Lipinski definition) is 0. The van der Waals surface area contributed by atoms with Crippen LogP contribution in [-0.4, -0.2) is 5.78 Å². The molecule has 1 nitrogen and oxygen atoms in total. The van der Waals surface area contributed by atoms with Crippen molar-refractivity contribution < 1.29 is 9.18 Å². The summed E-state index contributed by atoms with van der Waals surface area (Å²) in [6.07, 6.45) is 1.39. The van der Waals surface area contributed by atoms with Crippen molar-refractivity contribution in [2.75, 3.05) is 0 Å². The van der Waals surface area contributed by atoms with Gasteiger partial charge < -0.3 is 0 Å². The van der Waals surface area contributed by atoms with Crippen LogP contribution in [-0.2, 0) is 11.2 Å². The molecule has 80 valence electrons. The second-order valence-electron chi connectivity index (χ2n) is 4.53. The molecule has 1 aliphatic rings. The highest BCUT2D eigenvalue weighted by Gasteiger charge is 2.38. The highest BCUT2D eigenvalue weighted by molar-refractivity contribution is 5.85. The highest BCUT2D eigenvalue weighted by Crippen LogP contribution is 2.39. The molecule has 0 aliphatic heterocycles. The van der Waals surface area contributed by atoms with Gasteiger partial charge in [-0.1, -0.05) is 13.0 Å². The summed E-state index contributed by atoms with van der Waals surface area (Å²) in [5.41, 5.74) is 1.83. The predicted octanol–water partition coefficient (Wildman–Crippen LogP) is 2.90. The molecule has 0 saturated heterocycles. The van der Waals surface area contributed by atoms with Crippen LogP contribution in [0.3, 0.4) is 0 Å². The number of carbonyl (C=O) groups excluding carboxylic acids is 1. The molecule has 0 spiro atoms. The van der Waals surface area contributed by atoms with E-state index in [-0.39, 0.29) is 17.5 Å². The molecule has 0 amide bonds. The van der Waals surface area contributed by atoms with Crippen LogP contribution >= 0.6 is 0 Å². The van der Waals surface area contributed by atoms with Gasteiger partial charge in [0.1, 0.15) is 11.6 Å². The van der Waals surface area contributed by atoms with Crippen molar-refractivity contribution in [3.8, 4) is 0 Å². The van der Waals surface area contributed by atoms with Crippen molar-refractivity contribution in [1.29, 1.82) is 0 Å². The third kappa shape index (κ3) is 2.25. The molecule has 0 aromatic heterocycles. The van der Waals surface area contributed by atoms with Gasteiger partial charge >= 0.3 is 0 Å². The lowest BCUT2D eigenvalue weighted by Gasteiger charge is -2.04. The molecule has 2 heteroatoms. The highest BCUT2D eigenvalue weighted by atomic mass is 19.1. The first-order valence-electron chi connectivity index (χ1n) is 5.35. The fourth-order valence-corrected chi connectivity index (χ4v) is 1.92. The van der Waals surface area contributed by atoms with Gasteiger partial charge in [0.05, 0.1) is 0 Å². The van der Waals surface area contributed by atoms with Crippen molar-refractivity contribution in [3.63, 3.8) is 0 Å². The number of rotatable bonds is 3. The summed E-state index contributed by atoms with van der Waals surface area (Å²) in [5.74, 6) is 0.766. The van der Waals surface area contributed by atoms with Crippen molar-refractivity contribution in [1.82, 2.24) is 0 Å². The summed E-state index contributed by atoms with van der Waals surface area (Å²) in [5, 5.41) is 0. The smallest absolute Gasteiger partial charge is 0.140 e. The lowest BCUT2D eigenvalue weighted by molar-refractivity contribution is -0.119. The van der Waals surface area contributed by atoms with Crippen LogP contribution in [0, 0.1) is 24.6 Å². The summed E-state index contributed by atoms with van der Waals surface area (Å²) >= 11 is 0. The number of halogens is 1. The molecule has 1 fully saturated rings. The van der Waals surface area contributed by atoms with Crippen LogP contribution in [0.15, 0.2) is 18.2 Å². The number of ketones is 1. The third-order valence-electron chi connectivity index (χ3n) is 3.20. The van der Waals surface area contributed by atoms with E-state index in [0.717, 1.165) is 17.5 Å². The molecule has 2 atom stereocenters. The Labute approximate surface area is 89.3 Å². The molecule has 2 rings (SSSR count). The number of benzene rings is 1. The fourth-order valence-electron chi connectivity index (χ4n) is 1.92. The van der Waals surface area contributed by atoms with Crippen LogP contribution < -0.4 is 0 Å². The standard InChI is InChI=1S/C13H15FO/c1-8-3-4-11(14)6-10(8)7-13(15)12-5-9(12)2/h3-4,6,9,12H,5,7H2,1-2H3. The van der Waals surface area contributed by atoms with Crippen LogP contribution in [0.4, 0.5) is 4.39 Å². The van der Waals surface area contributed by atoms with Crippen LogP contribution in [0.2, 0.25) is 0 Å². The van der Waals surface area contributed by atoms with E-state index in [0.29, 0.717) is 12.3 Å². The van der Waals surface area contributed by atoms with Crippen LogP contribution in [0.25, 0.3) is 0 Å². The van der Waals surface area contributed by atoms with Gasteiger partial charge in [-0.2, -0.15) is 0 Å². The minimum absolute atomic E-state index is 0.229. The molecule has 0 bridgehead atoms. The van der Waals surface area contributed by atoms with Gasteiger partial charge in [0.15, 0.2) is 0 Å². The topological polar surface area (TPSA) is 17.1 Å². The quantitative estimate of drug-likeness (QED) is 0.743. The first kappa shape index (κ1) is 10.3. The van der Waals surface area contributed by atoms with E-state index >= 15 is 0 Å². The predicted molar refractivity (Wildman–Crippen MR) is 57.1 cm³/mol. The molecule has 1 aromatic carbocycles. The van der Waals surface area contributed by atoms with Gasteiger partial charge in [-0.3, -0.25) is 4.79 Å². The Morgan fingerprint density at radius 2 is 2.20 bits per heavy atom. The average molecular weight is 206 g/mol. The largest absolute Gasteiger partial charge is 0.299 e. The second kappa shape index (κ2) is 3.76. The molecular weight excluding hydrogens is 191 g/mol. The minimum atomic E-state index is -0.257. The van der Waals surface area contributed by atoms with Gasteiger partial charge in [0.2, 0.25) is 0 Å². The first-order chi connectivity index (χ1) is 7.08. The number of Topliss-reactive ketones (excluding diaryl/α,β-unsaturated/α-hetero) is 1. The van der Waals surface area contributed by atoms with E-state index in [1.165, 1.54) is 12.1 Å². The van der Waals surface area contributed by atoms with Crippen molar-refractivity contribution in [2.24, 2.45) is 11.8 Å². The van der Waals surface area contributed by atoms with E-state index in [9.17, 15) is 9.18 Å². The number of carbonyl (C=O) groups is 1. The molecule has 1 aromatic rings. The van der Waals surface area contributed by atoms with E-state index in [1.54, 1.807) is 6.07 Å². The van der Waals surface area contributed by atoms with E-state index in [1.807, 2.05) is 6.92 Å². The van der Waals surface area contributed by atoms with Gasteiger partial charge in [-0.25, -0.2) is 4.39 Å². The summed E-state index contributed by atoms with van der Waals surface area (Å²) in [6.45, 7) is 4.00. The van der Waals surface area contributed by atoms with Crippen molar-refractivity contribution >= 4 is 5.78 Å². The van der Waals surface area contributed by atoms with Gasteiger partial charge in [-0.05, 0) is 42.5 Å². The zero-order valence-corrected chi connectivity index (χ0v) is 9.09. The van der Waals surface area contributed by atoms with Gasteiger partial charge in [0, 0.05) is 12.3 Å². The first-order valence-corrected chi connectivity index (χ1v) is 5.35.